The average Bonchev–Trinajstić information content (AvgIpc) is 2.73. The van der Waals surface area contributed by atoms with Crippen LogP contribution in [0.3, 0.4) is 0 Å². The minimum Gasteiger partial charge on any atom is -0.307 e. The van der Waals surface area contributed by atoms with Crippen LogP contribution in [0.1, 0.15) is 53.4 Å². The lowest BCUT2D eigenvalue weighted by atomic mass is 9.69. The van der Waals surface area contributed by atoms with Gasteiger partial charge in [-0.1, -0.05) is 20.8 Å². The van der Waals surface area contributed by atoms with Crippen LogP contribution < -0.4 is 5.32 Å². The van der Waals surface area contributed by atoms with E-state index in [0.717, 1.165) is 12.3 Å². The van der Waals surface area contributed by atoms with Crippen molar-refractivity contribution in [1.82, 2.24) is 5.32 Å². The summed E-state index contributed by atoms with van der Waals surface area (Å²) in [6, 6.07) is 0.486. The number of sulfone groups is 1. The molecule has 0 aromatic rings. The fourth-order valence-corrected chi connectivity index (χ4v) is 7.07. The summed E-state index contributed by atoms with van der Waals surface area (Å²) in [5, 5.41) is 3.76. The molecule has 3 aliphatic rings. The SMILES string of the molecule is CC1(NC2CC3CCC2(C)C3(C)C)CCS(=O)(=O)C1. The number of rotatable bonds is 2. The van der Waals surface area contributed by atoms with Gasteiger partial charge in [-0.2, -0.15) is 0 Å². The quantitative estimate of drug-likeness (QED) is 0.847. The van der Waals surface area contributed by atoms with E-state index in [2.05, 4.69) is 33.0 Å². The Balaban J connectivity index is 1.80. The van der Waals surface area contributed by atoms with Crippen LogP contribution in [0.5, 0.6) is 0 Å². The molecule has 0 aromatic carbocycles. The molecule has 1 saturated heterocycles. The molecule has 1 N–H and O–H groups in total. The van der Waals surface area contributed by atoms with Crippen LogP contribution in [0, 0.1) is 16.7 Å². The van der Waals surface area contributed by atoms with E-state index in [1.807, 2.05) is 0 Å². The molecule has 110 valence electrons. The first kappa shape index (κ1) is 13.9. The van der Waals surface area contributed by atoms with Crippen LogP contribution in [-0.2, 0) is 9.84 Å². The summed E-state index contributed by atoms with van der Waals surface area (Å²) < 4.78 is 23.5. The van der Waals surface area contributed by atoms with Crippen molar-refractivity contribution >= 4 is 9.84 Å². The lowest BCUT2D eigenvalue weighted by Crippen LogP contribution is -2.55. The van der Waals surface area contributed by atoms with Gasteiger partial charge in [0, 0.05) is 11.6 Å². The molecular weight excluding hydrogens is 258 g/mol. The second kappa shape index (κ2) is 3.76. The molecule has 1 heterocycles. The van der Waals surface area contributed by atoms with Gasteiger partial charge >= 0.3 is 0 Å². The molecule has 0 radical (unpaired) electrons. The maximum Gasteiger partial charge on any atom is 0.152 e. The van der Waals surface area contributed by atoms with E-state index in [1.165, 1.54) is 19.3 Å². The first-order valence-electron chi connectivity index (χ1n) is 7.56. The van der Waals surface area contributed by atoms with Gasteiger partial charge in [0.15, 0.2) is 9.84 Å². The molecule has 0 spiro atoms. The van der Waals surface area contributed by atoms with E-state index in [1.54, 1.807) is 0 Å². The molecule has 4 unspecified atom stereocenters. The molecule has 4 heteroatoms. The highest BCUT2D eigenvalue weighted by Crippen LogP contribution is 2.65. The van der Waals surface area contributed by atoms with E-state index in [-0.39, 0.29) is 5.54 Å². The molecule has 3 fully saturated rings. The van der Waals surface area contributed by atoms with Crippen molar-refractivity contribution in [2.75, 3.05) is 11.5 Å². The lowest BCUT2D eigenvalue weighted by Gasteiger charge is -2.43. The Morgan fingerprint density at radius 2 is 1.79 bits per heavy atom. The van der Waals surface area contributed by atoms with E-state index >= 15 is 0 Å². The Labute approximate surface area is 117 Å². The first-order chi connectivity index (χ1) is 8.58. The molecule has 3 nitrogen and oxygen atoms in total. The zero-order valence-electron chi connectivity index (χ0n) is 12.6. The van der Waals surface area contributed by atoms with Crippen molar-refractivity contribution < 1.29 is 8.42 Å². The molecule has 19 heavy (non-hydrogen) atoms. The first-order valence-corrected chi connectivity index (χ1v) is 9.38. The zero-order chi connectivity index (χ0) is 14.1. The molecule has 2 bridgehead atoms. The summed E-state index contributed by atoms with van der Waals surface area (Å²) in [7, 11) is -2.82. The lowest BCUT2D eigenvalue weighted by molar-refractivity contribution is 0.106. The fraction of sp³-hybridized carbons (Fsp3) is 1.00. The van der Waals surface area contributed by atoms with Crippen LogP contribution in [0.15, 0.2) is 0 Å². The van der Waals surface area contributed by atoms with Crippen molar-refractivity contribution in [3.8, 4) is 0 Å². The van der Waals surface area contributed by atoms with Gasteiger partial charge in [0.1, 0.15) is 0 Å². The van der Waals surface area contributed by atoms with Gasteiger partial charge in [0.25, 0.3) is 0 Å². The van der Waals surface area contributed by atoms with Crippen molar-refractivity contribution in [2.45, 2.75) is 65.0 Å². The third-order valence-electron chi connectivity index (χ3n) is 6.82. The predicted octanol–water partition coefficient (Wildman–Crippen LogP) is 2.37. The molecule has 0 aromatic heterocycles. The molecule has 2 saturated carbocycles. The summed E-state index contributed by atoms with van der Waals surface area (Å²) in [5.74, 6) is 1.47. The Hall–Kier alpha value is -0.0900. The molecular formula is C15H27NO2S. The van der Waals surface area contributed by atoms with Crippen molar-refractivity contribution in [1.29, 1.82) is 0 Å². The second-order valence-electron chi connectivity index (χ2n) is 8.21. The highest BCUT2D eigenvalue weighted by molar-refractivity contribution is 7.91. The zero-order valence-corrected chi connectivity index (χ0v) is 13.4. The number of fused-ring (bicyclic) bond motifs is 2. The normalized spacial score (nSPS) is 50.7. The maximum absolute atomic E-state index is 11.7. The van der Waals surface area contributed by atoms with Gasteiger partial charge in [-0.3, -0.25) is 0 Å². The molecule has 2 aliphatic carbocycles. The average molecular weight is 285 g/mol. The summed E-state index contributed by atoms with van der Waals surface area (Å²) in [4.78, 5) is 0. The smallest absolute Gasteiger partial charge is 0.152 e. The Morgan fingerprint density at radius 3 is 2.21 bits per heavy atom. The van der Waals surface area contributed by atoms with Gasteiger partial charge in [-0.15, -0.1) is 0 Å². The summed E-state index contributed by atoms with van der Waals surface area (Å²) in [6.07, 6.45) is 4.62. The van der Waals surface area contributed by atoms with E-state index in [0.29, 0.717) is 28.4 Å². The molecule has 4 atom stereocenters. The van der Waals surface area contributed by atoms with Crippen LogP contribution in [0.2, 0.25) is 0 Å². The topological polar surface area (TPSA) is 46.2 Å². The highest BCUT2D eigenvalue weighted by atomic mass is 32.2. The summed E-state index contributed by atoms with van der Waals surface area (Å²) in [6.45, 7) is 9.31. The van der Waals surface area contributed by atoms with Gasteiger partial charge in [-0.25, -0.2) is 8.42 Å². The van der Waals surface area contributed by atoms with Gasteiger partial charge in [0.05, 0.1) is 11.5 Å². The highest BCUT2D eigenvalue weighted by Gasteiger charge is 2.62. The molecule has 1 aliphatic heterocycles. The van der Waals surface area contributed by atoms with E-state index in [9.17, 15) is 8.42 Å². The molecule has 0 amide bonds. The predicted molar refractivity (Wildman–Crippen MR) is 77.8 cm³/mol. The van der Waals surface area contributed by atoms with Crippen LogP contribution in [-0.4, -0.2) is 31.5 Å². The van der Waals surface area contributed by atoms with Crippen LogP contribution in [0.25, 0.3) is 0 Å². The van der Waals surface area contributed by atoms with Crippen LogP contribution >= 0.6 is 0 Å². The second-order valence-corrected chi connectivity index (χ2v) is 10.4. The molecule has 3 rings (SSSR count). The van der Waals surface area contributed by atoms with Crippen molar-refractivity contribution in [2.24, 2.45) is 16.7 Å². The Morgan fingerprint density at radius 1 is 1.11 bits per heavy atom. The minimum absolute atomic E-state index is 0.201. The van der Waals surface area contributed by atoms with E-state index in [4.69, 9.17) is 0 Å². The third kappa shape index (κ3) is 1.90. The van der Waals surface area contributed by atoms with Crippen molar-refractivity contribution in [3.63, 3.8) is 0 Å². The van der Waals surface area contributed by atoms with Crippen molar-refractivity contribution in [3.05, 3.63) is 0 Å². The largest absolute Gasteiger partial charge is 0.307 e. The standard InChI is InChI=1S/C15H27NO2S/c1-13(2)11-5-6-15(13,4)12(9-11)16-14(3)7-8-19(17,18)10-14/h11-12,16H,5-10H2,1-4H3. The number of nitrogens with one attached hydrogen (secondary N) is 1. The summed E-state index contributed by atoms with van der Waals surface area (Å²) in [5.41, 5.74) is 0.513. The monoisotopic (exact) mass is 285 g/mol. The number of hydrogen-bond acceptors (Lipinski definition) is 3. The van der Waals surface area contributed by atoms with Gasteiger partial charge in [-0.05, 0) is 49.4 Å². The number of hydrogen-bond donors (Lipinski definition) is 1. The Kier molecular flexibility index (Phi) is 2.74. The van der Waals surface area contributed by atoms with Gasteiger partial charge in [0.2, 0.25) is 0 Å². The summed E-state index contributed by atoms with van der Waals surface area (Å²) >= 11 is 0. The maximum atomic E-state index is 11.7. The van der Waals surface area contributed by atoms with Gasteiger partial charge < -0.3 is 5.32 Å². The Bertz CT molecular complexity index is 498. The third-order valence-corrected chi connectivity index (χ3v) is 8.72. The van der Waals surface area contributed by atoms with E-state index < -0.39 is 9.84 Å². The van der Waals surface area contributed by atoms with Crippen LogP contribution in [0.4, 0.5) is 0 Å². The minimum atomic E-state index is -2.82. The fourth-order valence-electron chi connectivity index (χ4n) is 4.97.